The topological polar surface area (TPSA) is 113 Å². The number of anilines is 1. The Bertz CT molecular complexity index is 556. The fourth-order valence-electron chi connectivity index (χ4n) is 2.35. The van der Waals surface area contributed by atoms with Gasteiger partial charge in [-0.25, -0.2) is 4.79 Å². The minimum Gasteiger partial charge on any atom is -0.481 e. The molecule has 1 aliphatic rings. The van der Waals surface area contributed by atoms with Gasteiger partial charge in [-0.15, -0.1) is 0 Å². The van der Waals surface area contributed by atoms with E-state index in [1.54, 1.807) is 17.0 Å². The first-order chi connectivity index (χ1) is 9.95. The number of carbonyl (C=O) groups is 3. The quantitative estimate of drug-likeness (QED) is 0.771. The molecule has 1 fully saturated rings. The molecular weight excluding hydrogens is 274 g/mol. The summed E-state index contributed by atoms with van der Waals surface area (Å²) in [7, 11) is 0. The number of urea groups is 1. The highest BCUT2D eigenvalue weighted by Gasteiger charge is 2.27. The van der Waals surface area contributed by atoms with Gasteiger partial charge in [0.1, 0.15) is 0 Å². The molecule has 1 saturated heterocycles. The first kappa shape index (κ1) is 14.8. The molecule has 1 aliphatic heterocycles. The normalized spacial score (nSPS) is 17.5. The molecule has 4 N–H and O–H groups in total. The van der Waals surface area contributed by atoms with Gasteiger partial charge < -0.3 is 21.1 Å². The van der Waals surface area contributed by atoms with Crippen molar-refractivity contribution in [3.05, 3.63) is 29.8 Å². The molecule has 3 amide bonds. The summed E-state index contributed by atoms with van der Waals surface area (Å²) in [6, 6.07) is 6.00. The highest BCUT2D eigenvalue weighted by Crippen LogP contribution is 2.20. The van der Waals surface area contributed by atoms with Crippen molar-refractivity contribution in [3.8, 4) is 0 Å². The van der Waals surface area contributed by atoms with E-state index >= 15 is 0 Å². The summed E-state index contributed by atoms with van der Waals surface area (Å²) in [5, 5.41) is 11.5. The van der Waals surface area contributed by atoms with Gasteiger partial charge >= 0.3 is 12.0 Å². The zero-order chi connectivity index (χ0) is 15.4. The summed E-state index contributed by atoms with van der Waals surface area (Å²) in [5.74, 6) is -1.36. The van der Waals surface area contributed by atoms with Gasteiger partial charge in [-0.2, -0.15) is 0 Å². The molecule has 0 bridgehead atoms. The van der Waals surface area contributed by atoms with Crippen LogP contribution in [0.2, 0.25) is 0 Å². The third kappa shape index (κ3) is 3.95. The number of nitrogens with one attached hydrogen (secondary N) is 1. The van der Waals surface area contributed by atoms with E-state index in [9.17, 15) is 14.4 Å². The summed E-state index contributed by atoms with van der Waals surface area (Å²) in [6.07, 6.45) is 0.775. The van der Waals surface area contributed by atoms with Gasteiger partial charge in [0.15, 0.2) is 0 Å². The van der Waals surface area contributed by atoms with E-state index in [1.165, 1.54) is 12.1 Å². The average molecular weight is 291 g/mol. The second-order valence-electron chi connectivity index (χ2n) is 5.07. The molecule has 0 aromatic heterocycles. The molecule has 7 heteroatoms. The number of amides is 3. The van der Waals surface area contributed by atoms with Crippen LogP contribution >= 0.6 is 0 Å². The smallest absolute Gasteiger partial charge is 0.321 e. The third-order valence-corrected chi connectivity index (χ3v) is 3.46. The van der Waals surface area contributed by atoms with Crippen LogP contribution in [0.3, 0.4) is 0 Å². The number of carbonyl (C=O) groups excluding carboxylic acids is 2. The third-order valence-electron chi connectivity index (χ3n) is 3.46. The summed E-state index contributed by atoms with van der Waals surface area (Å²) in [4.78, 5) is 35.2. The molecule has 7 nitrogen and oxygen atoms in total. The van der Waals surface area contributed by atoms with Crippen LogP contribution in [-0.4, -0.2) is 41.0 Å². The molecule has 1 aromatic carbocycles. The number of aliphatic carboxylic acids is 1. The molecule has 112 valence electrons. The number of primary amides is 1. The van der Waals surface area contributed by atoms with Crippen LogP contribution in [0.5, 0.6) is 0 Å². The van der Waals surface area contributed by atoms with E-state index in [-0.39, 0.29) is 18.4 Å². The zero-order valence-corrected chi connectivity index (χ0v) is 11.4. The van der Waals surface area contributed by atoms with E-state index < -0.39 is 11.9 Å². The minimum atomic E-state index is -0.843. The number of hydrogen-bond acceptors (Lipinski definition) is 3. The summed E-state index contributed by atoms with van der Waals surface area (Å²) in [5.41, 5.74) is 6.07. The van der Waals surface area contributed by atoms with Crippen molar-refractivity contribution in [2.45, 2.75) is 12.8 Å². The first-order valence-corrected chi connectivity index (χ1v) is 6.63. The Balaban J connectivity index is 1.90. The Morgan fingerprint density at radius 1 is 1.29 bits per heavy atom. The summed E-state index contributed by atoms with van der Waals surface area (Å²) in [6.45, 7) is 0.987. The van der Waals surface area contributed by atoms with Crippen molar-refractivity contribution < 1.29 is 19.5 Å². The summed E-state index contributed by atoms with van der Waals surface area (Å²) >= 11 is 0. The number of nitrogens with zero attached hydrogens (tertiary/aromatic N) is 1. The monoisotopic (exact) mass is 291 g/mol. The molecule has 1 heterocycles. The highest BCUT2D eigenvalue weighted by atomic mass is 16.4. The maximum Gasteiger partial charge on any atom is 0.321 e. The number of rotatable bonds is 4. The van der Waals surface area contributed by atoms with E-state index in [0.29, 0.717) is 30.8 Å². The van der Waals surface area contributed by atoms with Gasteiger partial charge in [0.25, 0.3) is 0 Å². The molecule has 1 aromatic rings. The Labute approximate surface area is 121 Å². The highest BCUT2D eigenvalue weighted by molar-refractivity contribution is 5.94. The van der Waals surface area contributed by atoms with Gasteiger partial charge in [0.05, 0.1) is 0 Å². The van der Waals surface area contributed by atoms with Crippen LogP contribution in [0.25, 0.3) is 0 Å². The SMILES string of the molecule is NC(=O)c1ccc(NC(=O)N2CCC(CC(=O)O)C2)cc1. The van der Waals surface area contributed by atoms with Crippen molar-refractivity contribution >= 4 is 23.6 Å². The van der Waals surface area contributed by atoms with Crippen molar-refractivity contribution in [1.29, 1.82) is 0 Å². The Morgan fingerprint density at radius 3 is 2.52 bits per heavy atom. The zero-order valence-electron chi connectivity index (χ0n) is 11.4. The Hall–Kier alpha value is -2.57. The summed E-state index contributed by atoms with van der Waals surface area (Å²) < 4.78 is 0. The van der Waals surface area contributed by atoms with Crippen LogP contribution in [0.15, 0.2) is 24.3 Å². The Kier molecular flexibility index (Phi) is 4.42. The molecule has 21 heavy (non-hydrogen) atoms. The number of carboxylic acid groups (broad SMARTS) is 1. The van der Waals surface area contributed by atoms with Crippen LogP contribution in [0.1, 0.15) is 23.2 Å². The molecule has 0 saturated carbocycles. The first-order valence-electron chi connectivity index (χ1n) is 6.63. The molecule has 1 unspecified atom stereocenters. The Morgan fingerprint density at radius 2 is 1.95 bits per heavy atom. The van der Waals surface area contributed by atoms with Gasteiger partial charge in [0.2, 0.25) is 5.91 Å². The second-order valence-corrected chi connectivity index (χ2v) is 5.07. The van der Waals surface area contributed by atoms with E-state index in [1.807, 2.05) is 0 Å². The lowest BCUT2D eigenvalue weighted by Gasteiger charge is -2.17. The van der Waals surface area contributed by atoms with Crippen molar-refractivity contribution in [1.82, 2.24) is 4.90 Å². The number of nitrogens with two attached hydrogens (primary N) is 1. The molecular formula is C14H17N3O4. The number of benzene rings is 1. The maximum absolute atomic E-state index is 12.0. The fraction of sp³-hybridized carbons (Fsp3) is 0.357. The molecule has 0 aliphatic carbocycles. The predicted molar refractivity (Wildman–Crippen MR) is 75.9 cm³/mol. The van der Waals surface area contributed by atoms with Crippen molar-refractivity contribution in [2.24, 2.45) is 11.7 Å². The predicted octanol–water partition coefficient (Wildman–Crippen LogP) is 1.11. The van der Waals surface area contributed by atoms with E-state index in [4.69, 9.17) is 10.8 Å². The maximum atomic E-state index is 12.0. The minimum absolute atomic E-state index is 0.00508. The molecule has 0 spiro atoms. The standard InChI is InChI=1S/C14H17N3O4/c15-13(20)10-1-3-11(4-2-10)16-14(21)17-6-5-9(8-17)7-12(18)19/h1-4,9H,5-8H2,(H2,15,20)(H,16,21)(H,18,19). The van der Waals surface area contributed by atoms with Crippen LogP contribution in [-0.2, 0) is 4.79 Å². The lowest BCUT2D eigenvalue weighted by atomic mass is 10.1. The largest absolute Gasteiger partial charge is 0.481 e. The van der Waals surface area contributed by atoms with Crippen molar-refractivity contribution in [3.63, 3.8) is 0 Å². The fourth-order valence-corrected chi connectivity index (χ4v) is 2.35. The van der Waals surface area contributed by atoms with E-state index in [2.05, 4.69) is 5.32 Å². The molecule has 0 radical (unpaired) electrons. The molecule has 1 atom stereocenters. The van der Waals surface area contributed by atoms with Gasteiger partial charge in [0, 0.05) is 30.8 Å². The van der Waals surface area contributed by atoms with Crippen LogP contribution < -0.4 is 11.1 Å². The second kappa shape index (κ2) is 6.25. The lowest BCUT2D eigenvalue weighted by molar-refractivity contribution is -0.138. The molecule has 2 rings (SSSR count). The van der Waals surface area contributed by atoms with E-state index in [0.717, 1.165) is 0 Å². The van der Waals surface area contributed by atoms with Crippen LogP contribution in [0, 0.1) is 5.92 Å². The lowest BCUT2D eigenvalue weighted by Crippen LogP contribution is -2.33. The average Bonchev–Trinajstić information content (AvgIpc) is 2.87. The van der Waals surface area contributed by atoms with Gasteiger partial charge in [-0.1, -0.05) is 0 Å². The van der Waals surface area contributed by atoms with Gasteiger partial charge in [-0.3, -0.25) is 9.59 Å². The van der Waals surface area contributed by atoms with Crippen molar-refractivity contribution in [2.75, 3.05) is 18.4 Å². The van der Waals surface area contributed by atoms with Gasteiger partial charge in [-0.05, 0) is 36.6 Å². The number of carboxylic acids is 1. The van der Waals surface area contributed by atoms with Crippen LogP contribution in [0.4, 0.5) is 10.5 Å². The number of likely N-dealkylation sites (tertiary alicyclic amines) is 1. The number of hydrogen-bond donors (Lipinski definition) is 3.